The van der Waals surface area contributed by atoms with Crippen LogP contribution in [0.25, 0.3) is 0 Å². The van der Waals surface area contributed by atoms with Crippen molar-refractivity contribution in [3.63, 3.8) is 0 Å². The molecule has 2 aliphatic rings. The largest absolute Gasteiger partial charge is 0.379 e. The molecule has 114 valence electrons. The van der Waals surface area contributed by atoms with Gasteiger partial charge in [-0.1, -0.05) is 0 Å². The topological polar surface area (TPSA) is 79.9 Å². The summed E-state index contributed by atoms with van der Waals surface area (Å²) >= 11 is 0. The van der Waals surface area contributed by atoms with E-state index in [1.54, 1.807) is 0 Å². The standard InChI is InChI=1S/C13H23N3O4/c17-12(10-15-13(18)11-2-1-7-20-11)14-3-4-16-5-8-19-9-6-16/h11H,1-10H2,(H,14,17)(H,15,18). The van der Waals surface area contributed by atoms with Gasteiger partial charge >= 0.3 is 0 Å². The van der Waals surface area contributed by atoms with Gasteiger partial charge in [0.05, 0.1) is 19.8 Å². The molecule has 0 aromatic rings. The second-order valence-electron chi connectivity index (χ2n) is 5.02. The van der Waals surface area contributed by atoms with E-state index in [0.29, 0.717) is 13.2 Å². The Labute approximate surface area is 119 Å². The van der Waals surface area contributed by atoms with E-state index in [9.17, 15) is 9.59 Å². The zero-order valence-electron chi connectivity index (χ0n) is 11.7. The molecule has 0 aromatic carbocycles. The molecule has 0 aliphatic carbocycles. The zero-order chi connectivity index (χ0) is 14.2. The molecule has 0 saturated carbocycles. The zero-order valence-corrected chi connectivity index (χ0v) is 11.7. The fourth-order valence-corrected chi connectivity index (χ4v) is 2.31. The molecule has 0 aromatic heterocycles. The summed E-state index contributed by atoms with van der Waals surface area (Å²) < 4.78 is 10.5. The molecule has 2 rings (SSSR count). The normalized spacial score (nSPS) is 23.5. The van der Waals surface area contributed by atoms with Crippen molar-refractivity contribution in [2.24, 2.45) is 0 Å². The van der Waals surface area contributed by atoms with Crippen LogP contribution in [0.5, 0.6) is 0 Å². The molecule has 0 spiro atoms. The maximum absolute atomic E-state index is 11.6. The minimum absolute atomic E-state index is 0.0157. The van der Waals surface area contributed by atoms with Crippen molar-refractivity contribution < 1.29 is 19.1 Å². The number of amides is 2. The van der Waals surface area contributed by atoms with Crippen LogP contribution in [0, 0.1) is 0 Å². The van der Waals surface area contributed by atoms with Crippen molar-refractivity contribution in [3.05, 3.63) is 0 Å². The Balaban J connectivity index is 1.52. The Morgan fingerprint density at radius 3 is 2.65 bits per heavy atom. The lowest BCUT2D eigenvalue weighted by molar-refractivity contribution is -0.132. The molecule has 7 nitrogen and oxygen atoms in total. The van der Waals surface area contributed by atoms with Crippen LogP contribution in [-0.4, -0.2) is 75.4 Å². The second kappa shape index (κ2) is 8.18. The van der Waals surface area contributed by atoms with Crippen molar-refractivity contribution >= 4 is 11.8 Å². The van der Waals surface area contributed by atoms with E-state index in [1.807, 2.05) is 0 Å². The molecule has 0 radical (unpaired) electrons. The molecule has 2 saturated heterocycles. The first-order valence-electron chi connectivity index (χ1n) is 7.22. The first-order chi connectivity index (χ1) is 9.75. The average molecular weight is 285 g/mol. The van der Waals surface area contributed by atoms with E-state index >= 15 is 0 Å². The van der Waals surface area contributed by atoms with Gasteiger partial charge < -0.3 is 20.1 Å². The quantitative estimate of drug-likeness (QED) is 0.636. The molecule has 2 aliphatic heterocycles. The van der Waals surface area contributed by atoms with Gasteiger partial charge in [-0.2, -0.15) is 0 Å². The Hall–Kier alpha value is -1.18. The first-order valence-corrected chi connectivity index (χ1v) is 7.22. The van der Waals surface area contributed by atoms with Gasteiger partial charge in [0.2, 0.25) is 11.8 Å². The fraction of sp³-hybridized carbons (Fsp3) is 0.846. The Morgan fingerprint density at radius 2 is 1.95 bits per heavy atom. The summed E-state index contributed by atoms with van der Waals surface area (Å²) in [6.45, 7) is 5.38. The summed E-state index contributed by atoms with van der Waals surface area (Å²) in [5.41, 5.74) is 0. The van der Waals surface area contributed by atoms with E-state index in [2.05, 4.69) is 15.5 Å². The average Bonchev–Trinajstić information content (AvgIpc) is 3.00. The molecular formula is C13H23N3O4. The SMILES string of the molecule is O=C(CNC(=O)C1CCCO1)NCCN1CCOCC1. The molecule has 2 fully saturated rings. The minimum Gasteiger partial charge on any atom is -0.379 e. The summed E-state index contributed by atoms with van der Waals surface area (Å²) in [5, 5.41) is 5.40. The lowest BCUT2D eigenvalue weighted by Crippen LogP contribution is -2.44. The fourth-order valence-electron chi connectivity index (χ4n) is 2.31. The van der Waals surface area contributed by atoms with Gasteiger partial charge in [-0.15, -0.1) is 0 Å². The highest BCUT2D eigenvalue weighted by molar-refractivity contribution is 5.86. The van der Waals surface area contributed by atoms with E-state index in [1.165, 1.54) is 0 Å². The Bertz CT molecular complexity index is 326. The molecule has 7 heteroatoms. The lowest BCUT2D eigenvalue weighted by Gasteiger charge is -2.26. The van der Waals surface area contributed by atoms with Gasteiger partial charge in [-0.25, -0.2) is 0 Å². The van der Waals surface area contributed by atoms with E-state index < -0.39 is 0 Å². The van der Waals surface area contributed by atoms with E-state index in [4.69, 9.17) is 9.47 Å². The summed E-state index contributed by atoms with van der Waals surface area (Å²) in [5.74, 6) is -0.351. The van der Waals surface area contributed by atoms with Crippen LogP contribution in [0.3, 0.4) is 0 Å². The number of nitrogens with one attached hydrogen (secondary N) is 2. The van der Waals surface area contributed by atoms with Gasteiger partial charge in [0.1, 0.15) is 6.10 Å². The molecule has 20 heavy (non-hydrogen) atoms. The summed E-state index contributed by atoms with van der Waals surface area (Å²) in [6.07, 6.45) is 1.27. The number of carbonyl (C=O) groups is 2. The van der Waals surface area contributed by atoms with E-state index in [-0.39, 0.29) is 24.5 Å². The van der Waals surface area contributed by atoms with Crippen LogP contribution in [-0.2, 0) is 19.1 Å². The maximum Gasteiger partial charge on any atom is 0.249 e. The third-order valence-electron chi connectivity index (χ3n) is 3.50. The number of morpholine rings is 1. The van der Waals surface area contributed by atoms with Crippen LogP contribution in [0.4, 0.5) is 0 Å². The molecule has 2 N–H and O–H groups in total. The lowest BCUT2D eigenvalue weighted by atomic mass is 10.2. The van der Waals surface area contributed by atoms with E-state index in [0.717, 1.165) is 45.7 Å². The molecular weight excluding hydrogens is 262 g/mol. The van der Waals surface area contributed by atoms with Gasteiger partial charge in [-0.3, -0.25) is 14.5 Å². The molecule has 0 bridgehead atoms. The maximum atomic E-state index is 11.6. The predicted molar refractivity (Wildman–Crippen MR) is 72.3 cm³/mol. The second-order valence-corrected chi connectivity index (χ2v) is 5.02. The van der Waals surface area contributed by atoms with Gasteiger partial charge in [0.25, 0.3) is 0 Å². The number of nitrogens with zero attached hydrogens (tertiary/aromatic N) is 1. The van der Waals surface area contributed by atoms with Gasteiger partial charge in [0.15, 0.2) is 0 Å². The Kier molecular flexibility index (Phi) is 6.23. The van der Waals surface area contributed by atoms with Crippen LogP contribution >= 0.6 is 0 Å². The van der Waals surface area contributed by atoms with Crippen molar-refractivity contribution in [3.8, 4) is 0 Å². The smallest absolute Gasteiger partial charge is 0.249 e. The molecule has 2 amide bonds. The van der Waals surface area contributed by atoms with Crippen molar-refractivity contribution in [2.45, 2.75) is 18.9 Å². The summed E-state index contributed by atoms with van der Waals surface area (Å²) in [4.78, 5) is 25.5. The Morgan fingerprint density at radius 1 is 1.15 bits per heavy atom. The monoisotopic (exact) mass is 285 g/mol. The number of hydrogen-bond acceptors (Lipinski definition) is 5. The minimum atomic E-state index is -0.379. The van der Waals surface area contributed by atoms with Crippen molar-refractivity contribution in [1.82, 2.24) is 15.5 Å². The number of ether oxygens (including phenoxy) is 2. The van der Waals surface area contributed by atoms with Gasteiger partial charge in [0, 0.05) is 32.8 Å². The summed E-state index contributed by atoms with van der Waals surface area (Å²) in [6, 6.07) is 0. The third-order valence-corrected chi connectivity index (χ3v) is 3.50. The number of rotatable bonds is 6. The molecule has 2 heterocycles. The highest BCUT2D eigenvalue weighted by Crippen LogP contribution is 2.11. The van der Waals surface area contributed by atoms with Crippen LogP contribution in [0.2, 0.25) is 0 Å². The van der Waals surface area contributed by atoms with Crippen molar-refractivity contribution in [1.29, 1.82) is 0 Å². The highest BCUT2D eigenvalue weighted by Gasteiger charge is 2.23. The number of hydrogen-bond donors (Lipinski definition) is 2. The van der Waals surface area contributed by atoms with Gasteiger partial charge in [-0.05, 0) is 12.8 Å². The van der Waals surface area contributed by atoms with Crippen LogP contribution < -0.4 is 10.6 Å². The molecule has 1 unspecified atom stereocenters. The molecule has 1 atom stereocenters. The van der Waals surface area contributed by atoms with Crippen molar-refractivity contribution in [2.75, 3.05) is 52.5 Å². The van der Waals surface area contributed by atoms with Crippen LogP contribution in [0.1, 0.15) is 12.8 Å². The predicted octanol–water partition coefficient (Wildman–Crippen LogP) is -1.27. The third kappa shape index (κ3) is 5.07. The highest BCUT2D eigenvalue weighted by atomic mass is 16.5. The van der Waals surface area contributed by atoms with Crippen LogP contribution in [0.15, 0.2) is 0 Å². The first kappa shape index (κ1) is 15.2. The summed E-state index contributed by atoms with van der Waals surface area (Å²) in [7, 11) is 0. The number of carbonyl (C=O) groups excluding carboxylic acids is 2.